The van der Waals surface area contributed by atoms with E-state index in [1.165, 1.54) is 0 Å². The molecule has 0 aromatic carbocycles. The van der Waals surface area contributed by atoms with E-state index in [1.54, 1.807) is 6.07 Å². The number of nitrogens with zero attached hydrogens (tertiary/aromatic N) is 1. The maximum Gasteiger partial charge on any atom is 0.250 e. The molecule has 1 saturated heterocycles. The van der Waals surface area contributed by atoms with Crippen molar-refractivity contribution in [3.63, 3.8) is 0 Å². The van der Waals surface area contributed by atoms with Crippen LogP contribution in [-0.2, 0) is 10.0 Å². The molecule has 0 radical (unpaired) electrons. The minimum Gasteiger partial charge on any atom is -0.314 e. The Morgan fingerprint density at radius 1 is 1.45 bits per heavy atom. The van der Waals surface area contributed by atoms with Gasteiger partial charge in [-0.1, -0.05) is 11.6 Å². The molecule has 114 valence electrons. The molecule has 0 unspecified atom stereocenters. The van der Waals surface area contributed by atoms with Crippen molar-refractivity contribution >= 4 is 33.0 Å². The molecule has 1 aromatic rings. The summed E-state index contributed by atoms with van der Waals surface area (Å²) in [6.45, 7) is 7.29. The zero-order valence-corrected chi connectivity index (χ0v) is 13.9. The van der Waals surface area contributed by atoms with Gasteiger partial charge >= 0.3 is 0 Å². The third kappa shape index (κ3) is 4.41. The third-order valence-electron chi connectivity index (χ3n) is 3.25. The van der Waals surface area contributed by atoms with Crippen molar-refractivity contribution in [3.8, 4) is 0 Å². The second kappa shape index (κ2) is 7.20. The second-order valence-electron chi connectivity index (χ2n) is 4.87. The van der Waals surface area contributed by atoms with Gasteiger partial charge in [0.25, 0.3) is 0 Å². The monoisotopic (exact) mass is 337 g/mol. The van der Waals surface area contributed by atoms with Crippen LogP contribution in [0.1, 0.15) is 12.0 Å². The molecule has 20 heavy (non-hydrogen) atoms. The molecular formula is C12H20ClN3O2S2. The maximum atomic E-state index is 12.1. The van der Waals surface area contributed by atoms with E-state index in [0.717, 1.165) is 56.0 Å². The Labute approximate surface area is 129 Å². The summed E-state index contributed by atoms with van der Waals surface area (Å²) >= 11 is 7.02. The molecule has 2 heterocycles. The van der Waals surface area contributed by atoms with Crippen LogP contribution < -0.4 is 10.0 Å². The molecule has 2 N–H and O–H groups in total. The fourth-order valence-electron chi connectivity index (χ4n) is 2.08. The Morgan fingerprint density at radius 2 is 2.15 bits per heavy atom. The van der Waals surface area contributed by atoms with Gasteiger partial charge < -0.3 is 10.2 Å². The van der Waals surface area contributed by atoms with Crippen LogP contribution in [0.5, 0.6) is 0 Å². The molecular weight excluding hydrogens is 318 g/mol. The van der Waals surface area contributed by atoms with Crippen LogP contribution in [0.25, 0.3) is 0 Å². The van der Waals surface area contributed by atoms with Crippen molar-refractivity contribution in [2.45, 2.75) is 17.6 Å². The minimum atomic E-state index is -3.41. The van der Waals surface area contributed by atoms with Crippen LogP contribution >= 0.6 is 22.9 Å². The van der Waals surface area contributed by atoms with Crippen LogP contribution in [0.2, 0.25) is 4.34 Å². The summed E-state index contributed by atoms with van der Waals surface area (Å²) in [5.74, 6) is 0. The van der Waals surface area contributed by atoms with Crippen molar-refractivity contribution in [2.75, 3.05) is 39.3 Å². The van der Waals surface area contributed by atoms with Gasteiger partial charge in [-0.25, -0.2) is 13.1 Å². The first kappa shape index (κ1) is 16.2. The summed E-state index contributed by atoms with van der Waals surface area (Å²) in [6, 6.07) is 1.62. The number of hydrogen-bond donors (Lipinski definition) is 2. The molecule has 8 heteroatoms. The van der Waals surface area contributed by atoms with Gasteiger partial charge in [0.2, 0.25) is 10.0 Å². The first-order valence-corrected chi connectivity index (χ1v) is 9.35. The predicted molar refractivity (Wildman–Crippen MR) is 83.2 cm³/mol. The summed E-state index contributed by atoms with van der Waals surface area (Å²) < 4.78 is 27.6. The lowest BCUT2D eigenvalue weighted by Crippen LogP contribution is -2.44. The summed E-state index contributed by atoms with van der Waals surface area (Å²) in [6.07, 6.45) is 0.817. The Morgan fingerprint density at radius 3 is 2.75 bits per heavy atom. The fourth-order valence-corrected chi connectivity index (χ4v) is 4.91. The largest absolute Gasteiger partial charge is 0.314 e. The van der Waals surface area contributed by atoms with Gasteiger partial charge in [0.15, 0.2) is 0 Å². The first-order valence-electron chi connectivity index (χ1n) is 6.68. The number of thiophene rings is 1. The summed E-state index contributed by atoms with van der Waals surface area (Å²) in [7, 11) is -3.41. The highest BCUT2D eigenvalue weighted by Crippen LogP contribution is 2.29. The molecule has 0 amide bonds. The van der Waals surface area contributed by atoms with Gasteiger partial charge in [-0.05, 0) is 31.5 Å². The van der Waals surface area contributed by atoms with E-state index in [0.29, 0.717) is 15.1 Å². The predicted octanol–water partition coefficient (Wildman–Crippen LogP) is 1.28. The van der Waals surface area contributed by atoms with E-state index >= 15 is 0 Å². The first-order chi connectivity index (χ1) is 9.49. The van der Waals surface area contributed by atoms with Crippen LogP contribution in [0.4, 0.5) is 0 Å². The summed E-state index contributed by atoms with van der Waals surface area (Å²) in [5.41, 5.74) is 0.804. The Hall–Kier alpha value is -0.180. The van der Waals surface area contributed by atoms with Crippen LogP contribution in [-0.4, -0.2) is 52.6 Å². The molecule has 0 bridgehead atoms. The SMILES string of the molecule is Cc1cc(S(=O)(=O)NCCCN2CCNCC2)sc1Cl. The number of rotatable bonds is 6. The molecule has 1 aliphatic rings. The van der Waals surface area contributed by atoms with Crippen molar-refractivity contribution in [2.24, 2.45) is 0 Å². The smallest absolute Gasteiger partial charge is 0.250 e. The molecule has 2 rings (SSSR count). The van der Waals surface area contributed by atoms with E-state index < -0.39 is 10.0 Å². The van der Waals surface area contributed by atoms with Crippen LogP contribution in [0, 0.1) is 6.92 Å². The van der Waals surface area contributed by atoms with Crippen molar-refractivity contribution in [3.05, 3.63) is 16.0 Å². The number of piperazine rings is 1. The van der Waals surface area contributed by atoms with Gasteiger partial charge in [-0.3, -0.25) is 0 Å². The number of halogens is 1. The lowest BCUT2D eigenvalue weighted by Gasteiger charge is -2.26. The number of sulfonamides is 1. The minimum absolute atomic E-state index is 0.294. The molecule has 1 aliphatic heterocycles. The van der Waals surface area contributed by atoms with Gasteiger partial charge in [-0.2, -0.15) is 0 Å². The molecule has 1 fully saturated rings. The Bertz CT molecular complexity index is 519. The average molecular weight is 338 g/mol. The standard InChI is InChI=1S/C12H20ClN3O2S2/c1-10-9-11(19-12(10)13)20(17,18)15-3-2-6-16-7-4-14-5-8-16/h9,14-15H,2-8H2,1H3. The zero-order valence-electron chi connectivity index (χ0n) is 11.5. The highest BCUT2D eigenvalue weighted by Gasteiger charge is 2.18. The van der Waals surface area contributed by atoms with Gasteiger partial charge in [0.1, 0.15) is 4.21 Å². The van der Waals surface area contributed by atoms with Gasteiger partial charge in [-0.15, -0.1) is 11.3 Å². The highest BCUT2D eigenvalue weighted by molar-refractivity contribution is 7.91. The van der Waals surface area contributed by atoms with E-state index in [9.17, 15) is 8.42 Å². The molecule has 1 aromatic heterocycles. The molecule has 0 atom stereocenters. The molecule has 0 saturated carbocycles. The van der Waals surface area contributed by atoms with Crippen LogP contribution in [0.15, 0.2) is 10.3 Å². The quantitative estimate of drug-likeness (QED) is 0.768. The molecule has 0 aliphatic carbocycles. The van der Waals surface area contributed by atoms with Crippen molar-refractivity contribution < 1.29 is 8.42 Å². The summed E-state index contributed by atoms with van der Waals surface area (Å²) in [5, 5.41) is 3.29. The fraction of sp³-hybridized carbons (Fsp3) is 0.667. The second-order valence-corrected chi connectivity index (χ2v) is 8.51. The lowest BCUT2D eigenvalue weighted by molar-refractivity contribution is 0.239. The summed E-state index contributed by atoms with van der Waals surface area (Å²) in [4.78, 5) is 2.34. The lowest BCUT2D eigenvalue weighted by atomic mass is 10.3. The van der Waals surface area contributed by atoms with Gasteiger partial charge in [0, 0.05) is 32.7 Å². The number of nitrogens with one attached hydrogen (secondary N) is 2. The normalized spacial score (nSPS) is 17.5. The van der Waals surface area contributed by atoms with Gasteiger partial charge in [0.05, 0.1) is 4.34 Å². The Balaban J connectivity index is 1.77. The van der Waals surface area contributed by atoms with E-state index in [4.69, 9.17) is 11.6 Å². The van der Waals surface area contributed by atoms with Crippen molar-refractivity contribution in [1.29, 1.82) is 0 Å². The average Bonchev–Trinajstić information content (AvgIpc) is 2.77. The number of aryl methyl sites for hydroxylation is 1. The van der Waals surface area contributed by atoms with Crippen LogP contribution in [0.3, 0.4) is 0 Å². The van der Waals surface area contributed by atoms with Crippen molar-refractivity contribution in [1.82, 2.24) is 14.9 Å². The Kier molecular flexibility index (Phi) is 5.83. The van der Waals surface area contributed by atoms with E-state index in [2.05, 4.69) is 14.9 Å². The van der Waals surface area contributed by atoms with E-state index in [1.807, 2.05) is 6.92 Å². The third-order valence-corrected chi connectivity index (χ3v) is 6.74. The molecule has 5 nitrogen and oxygen atoms in total. The number of hydrogen-bond acceptors (Lipinski definition) is 5. The molecule has 0 spiro atoms. The zero-order chi connectivity index (χ0) is 14.6. The van der Waals surface area contributed by atoms with E-state index in [-0.39, 0.29) is 0 Å². The highest BCUT2D eigenvalue weighted by atomic mass is 35.5. The maximum absolute atomic E-state index is 12.1. The topological polar surface area (TPSA) is 61.4 Å².